The van der Waals surface area contributed by atoms with E-state index in [1.165, 1.54) is 5.56 Å². The molecule has 0 saturated carbocycles. The lowest BCUT2D eigenvalue weighted by molar-refractivity contribution is 0.106. The number of hydrazine groups is 1. The van der Waals surface area contributed by atoms with E-state index in [2.05, 4.69) is 11.5 Å². The third kappa shape index (κ3) is 2.77. The Hall–Kier alpha value is -1.10. The number of hydrogen-bond donors (Lipinski definition) is 2. The second-order valence-electron chi connectivity index (χ2n) is 4.21. The van der Waals surface area contributed by atoms with Gasteiger partial charge in [0.2, 0.25) is 0 Å². The fourth-order valence-electron chi connectivity index (χ4n) is 2.31. The van der Waals surface area contributed by atoms with Gasteiger partial charge in [0, 0.05) is 12.5 Å². The summed E-state index contributed by atoms with van der Waals surface area (Å²) >= 11 is 0. The van der Waals surface area contributed by atoms with Crippen LogP contribution in [0.1, 0.15) is 24.8 Å². The number of benzene rings is 1. The summed E-state index contributed by atoms with van der Waals surface area (Å²) < 4.78 is 11.1. The summed E-state index contributed by atoms with van der Waals surface area (Å²) in [6.07, 6.45) is 0.971. The molecule has 0 radical (unpaired) electrons. The van der Waals surface area contributed by atoms with E-state index in [0.29, 0.717) is 19.1 Å². The van der Waals surface area contributed by atoms with Gasteiger partial charge in [-0.2, -0.15) is 0 Å². The van der Waals surface area contributed by atoms with E-state index in [-0.39, 0.29) is 6.04 Å². The van der Waals surface area contributed by atoms with Crippen molar-refractivity contribution in [3.05, 3.63) is 29.8 Å². The van der Waals surface area contributed by atoms with Gasteiger partial charge in [-0.25, -0.2) is 0 Å². The van der Waals surface area contributed by atoms with Crippen molar-refractivity contribution in [3.63, 3.8) is 0 Å². The van der Waals surface area contributed by atoms with Gasteiger partial charge in [0.25, 0.3) is 0 Å². The van der Waals surface area contributed by atoms with Crippen LogP contribution in [0, 0.1) is 0 Å². The molecule has 1 aliphatic heterocycles. The second kappa shape index (κ2) is 6.00. The maximum atomic E-state index is 5.64. The lowest BCUT2D eigenvalue weighted by Crippen LogP contribution is -2.44. The standard InChI is InChI=1S/C13H20N2O2/c1-2-16-9-12(15-14)10-7-8-17-13-6-4-3-5-11(10)13/h3-6,10,12,15H,2,7-9,14H2,1H3. The van der Waals surface area contributed by atoms with Crippen molar-refractivity contribution in [3.8, 4) is 5.75 Å². The quantitative estimate of drug-likeness (QED) is 0.599. The lowest BCUT2D eigenvalue weighted by Gasteiger charge is -2.31. The molecular formula is C13H20N2O2. The number of para-hydroxylation sites is 1. The first-order valence-corrected chi connectivity index (χ1v) is 6.12. The summed E-state index contributed by atoms with van der Waals surface area (Å²) in [6, 6.07) is 8.29. The Bertz CT molecular complexity index is 357. The highest BCUT2D eigenvalue weighted by molar-refractivity contribution is 5.38. The fourth-order valence-corrected chi connectivity index (χ4v) is 2.31. The Labute approximate surface area is 102 Å². The zero-order chi connectivity index (χ0) is 12.1. The zero-order valence-corrected chi connectivity index (χ0v) is 10.2. The van der Waals surface area contributed by atoms with Crippen molar-refractivity contribution in [1.82, 2.24) is 5.43 Å². The number of rotatable bonds is 5. The van der Waals surface area contributed by atoms with E-state index in [9.17, 15) is 0 Å². The number of nitrogens with one attached hydrogen (secondary N) is 1. The molecule has 3 N–H and O–H groups in total. The van der Waals surface area contributed by atoms with Crippen LogP contribution in [0.2, 0.25) is 0 Å². The second-order valence-corrected chi connectivity index (χ2v) is 4.21. The molecule has 1 aliphatic rings. The zero-order valence-electron chi connectivity index (χ0n) is 10.2. The van der Waals surface area contributed by atoms with Gasteiger partial charge in [-0.15, -0.1) is 0 Å². The van der Waals surface area contributed by atoms with Crippen LogP contribution in [0.25, 0.3) is 0 Å². The number of hydrogen-bond acceptors (Lipinski definition) is 4. The van der Waals surface area contributed by atoms with E-state index in [0.717, 1.165) is 18.8 Å². The van der Waals surface area contributed by atoms with Gasteiger partial charge in [-0.1, -0.05) is 18.2 Å². The largest absolute Gasteiger partial charge is 0.493 e. The van der Waals surface area contributed by atoms with Crippen molar-refractivity contribution >= 4 is 0 Å². The average molecular weight is 236 g/mol. The molecule has 0 bridgehead atoms. The molecule has 0 spiro atoms. The fraction of sp³-hybridized carbons (Fsp3) is 0.538. The molecule has 0 fully saturated rings. The van der Waals surface area contributed by atoms with Gasteiger partial charge < -0.3 is 9.47 Å². The molecule has 4 heteroatoms. The molecule has 0 aliphatic carbocycles. The van der Waals surface area contributed by atoms with Crippen LogP contribution in [0.3, 0.4) is 0 Å². The first kappa shape index (κ1) is 12.4. The van der Waals surface area contributed by atoms with Crippen LogP contribution in [-0.2, 0) is 4.74 Å². The molecule has 1 aromatic rings. The molecule has 2 unspecified atom stereocenters. The Morgan fingerprint density at radius 2 is 2.35 bits per heavy atom. The number of ether oxygens (including phenoxy) is 2. The molecule has 0 amide bonds. The molecule has 2 atom stereocenters. The monoisotopic (exact) mass is 236 g/mol. The van der Waals surface area contributed by atoms with E-state index in [4.69, 9.17) is 15.3 Å². The number of fused-ring (bicyclic) bond motifs is 1. The van der Waals surface area contributed by atoms with E-state index in [1.54, 1.807) is 0 Å². The molecule has 17 heavy (non-hydrogen) atoms. The maximum absolute atomic E-state index is 5.64. The summed E-state index contributed by atoms with van der Waals surface area (Å²) in [4.78, 5) is 0. The molecular weight excluding hydrogens is 216 g/mol. The van der Waals surface area contributed by atoms with E-state index < -0.39 is 0 Å². The molecule has 1 aromatic carbocycles. The predicted molar refractivity (Wildman–Crippen MR) is 66.9 cm³/mol. The Morgan fingerprint density at radius 3 is 3.12 bits per heavy atom. The molecule has 0 aromatic heterocycles. The van der Waals surface area contributed by atoms with Gasteiger partial charge in [0.05, 0.1) is 19.3 Å². The minimum absolute atomic E-state index is 0.139. The van der Waals surface area contributed by atoms with Crippen LogP contribution < -0.4 is 16.0 Å². The summed E-state index contributed by atoms with van der Waals surface area (Å²) in [5, 5.41) is 0. The Morgan fingerprint density at radius 1 is 1.53 bits per heavy atom. The van der Waals surface area contributed by atoms with Crippen molar-refractivity contribution in [2.24, 2.45) is 5.84 Å². The van der Waals surface area contributed by atoms with Crippen LogP contribution in [-0.4, -0.2) is 25.9 Å². The van der Waals surface area contributed by atoms with Crippen LogP contribution in [0.4, 0.5) is 0 Å². The first-order chi connectivity index (χ1) is 8.36. The minimum atomic E-state index is 0.139. The van der Waals surface area contributed by atoms with Crippen LogP contribution >= 0.6 is 0 Å². The molecule has 1 heterocycles. The molecule has 94 valence electrons. The Balaban J connectivity index is 2.15. The van der Waals surface area contributed by atoms with Gasteiger partial charge in [-0.3, -0.25) is 11.3 Å². The molecule has 2 rings (SSSR count). The van der Waals surface area contributed by atoms with Gasteiger partial charge in [0.15, 0.2) is 0 Å². The van der Waals surface area contributed by atoms with E-state index in [1.807, 2.05) is 25.1 Å². The van der Waals surface area contributed by atoms with Crippen molar-refractivity contribution in [2.75, 3.05) is 19.8 Å². The van der Waals surface area contributed by atoms with Crippen molar-refractivity contribution in [2.45, 2.75) is 25.3 Å². The van der Waals surface area contributed by atoms with Gasteiger partial charge in [0.1, 0.15) is 5.75 Å². The molecule has 0 saturated heterocycles. The van der Waals surface area contributed by atoms with Gasteiger partial charge >= 0.3 is 0 Å². The average Bonchev–Trinajstić information content (AvgIpc) is 2.40. The predicted octanol–water partition coefficient (Wildman–Crippen LogP) is 1.42. The maximum Gasteiger partial charge on any atom is 0.122 e. The highest BCUT2D eigenvalue weighted by Gasteiger charge is 2.28. The highest BCUT2D eigenvalue weighted by atomic mass is 16.5. The summed E-state index contributed by atoms with van der Waals surface area (Å²) in [6.45, 7) is 4.08. The van der Waals surface area contributed by atoms with Gasteiger partial charge in [-0.05, 0) is 25.0 Å². The normalized spacial score (nSPS) is 20.5. The smallest absolute Gasteiger partial charge is 0.122 e. The molecule has 4 nitrogen and oxygen atoms in total. The lowest BCUT2D eigenvalue weighted by atomic mass is 9.87. The summed E-state index contributed by atoms with van der Waals surface area (Å²) in [5.41, 5.74) is 4.09. The van der Waals surface area contributed by atoms with Crippen molar-refractivity contribution in [1.29, 1.82) is 0 Å². The summed E-state index contributed by atoms with van der Waals surface area (Å²) in [7, 11) is 0. The number of nitrogens with two attached hydrogens (primary N) is 1. The SMILES string of the molecule is CCOCC(NN)C1CCOc2ccccc21. The highest BCUT2D eigenvalue weighted by Crippen LogP contribution is 2.35. The Kier molecular flexibility index (Phi) is 4.36. The van der Waals surface area contributed by atoms with Crippen molar-refractivity contribution < 1.29 is 9.47 Å². The minimum Gasteiger partial charge on any atom is -0.493 e. The summed E-state index contributed by atoms with van der Waals surface area (Å²) in [5.74, 6) is 6.96. The van der Waals surface area contributed by atoms with Crippen LogP contribution in [0.5, 0.6) is 5.75 Å². The first-order valence-electron chi connectivity index (χ1n) is 6.12. The third-order valence-corrected chi connectivity index (χ3v) is 3.21. The van der Waals surface area contributed by atoms with E-state index >= 15 is 0 Å². The third-order valence-electron chi connectivity index (χ3n) is 3.21. The topological polar surface area (TPSA) is 56.5 Å². The van der Waals surface area contributed by atoms with Crippen LogP contribution in [0.15, 0.2) is 24.3 Å².